The predicted molar refractivity (Wildman–Crippen MR) is 82.3 cm³/mol. The Kier molecular flexibility index (Phi) is 6.61. The summed E-state index contributed by atoms with van der Waals surface area (Å²) < 4.78 is 10.5. The zero-order valence-electron chi connectivity index (χ0n) is 12.4. The van der Waals surface area contributed by atoms with E-state index in [2.05, 4.69) is 29.2 Å². The molecule has 1 aliphatic rings. The molecule has 2 rings (SSSR count). The first kappa shape index (κ1) is 15.1. The summed E-state index contributed by atoms with van der Waals surface area (Å²) in [4.78, 5) is 2.43. The van der Waals surface area contributed by atoms with Crippen LogP contribution in [0.4, 0.5) is 0 Å². The molecule has 1 aliphatic heterocycles. The Balaban J connectivity index is 1.58. The molecule has 0 unspecified atom stereocenters. The maximum atomic E-state index is 5.34. The molecule has 0 radical (unpaired) electrons. The molecular formula is C17H25NO2. The van der Waals surface area contributed by atoms with E-state index >= 15 is 0 Å². The van der Waals surface area contributed by atoms with Crippen LogP contribution in [-0.2, 0) is 11.2 Å². The van der Waals surface area contributed by atoms with Crippen LogP contribution in [-0.4, -0.2) is 44.9 Å². The van der Waals surface area contributed by atoms with E-state index in [1.165, 1.54) is 12.0 Å². The van der Waals surface area contributed by atoms with Gasteiger partial charge >= 0.3 is 0 Å². The van der Waals surface area contributed by atoms with Crippen molar-refractivity contribution in [1.29, 1.82) is 0 Å². The zero-order chi connectivity index (χ0) is 14.0. The van der Waals surface area contributed by atoms with Crippen molar-refractivity contribution in [3.8, 4) is 5.75 Å². The van der Waals surface area contributed by atoms with E-state index in [0.717, 1.165) is 51.4 Å². The van der Waals surface area contributed by atoms with Crippen LogP contribution in [0.5, 0.6) is 5.75 Å². The lowest BCUT2D eigenvalue weighted by Crippen LogP contribution is -2.36. The minimum absolute atomic E-state index is 0.880. The number of hydrogen-bond acceptors (Lipinski definition) is 3. The van der Waals surface area contributed by atoms with Crippen molar-refractivity contribution in [2.24, 2.45) is 0 Å². The molecule has 0 aliphatic carbocycles. The molecule has 1 aromatic rings. The van der Waals surface area contributed by atoms with Gasteiger partial charge in [-0.25, -0.2) is 0 Å². The van der Waals surface area contributed by atoms with Gasteiger partial charge in [-0.05, 0) is 37.0 Å². The third kappa shape index (κ3) is 5.35. The van der Waals surface area contributed by atoms with Crippen molar-refractivity contribution in [1.82, 2.24) is 4.90 Å². The predicted octanol–water partition coefficient (Wildman–Crippen LogP) is 2.91. The highest BCUT2D eigenvalue weighted by molar-refractivity contribution is 5.27. The van der Waals surface area contributed by atoms with E-state index in [-0.39, 0.29) is 0 Å². The van der Waals surface area contributed by atoms with Crippen molar-refractivity contribution < 1.29 is 9.47 Å². The Labute approximate surface area is 122 Å². The highest BCUT2D eigenvalue weighted by atomic mass is 16.5. The first-order chi connectivity index (χ1) is 9.88. The smallest absolute Gasteiger partial charge is 0.118 e. The summed E-state index contributed by atoms with van der Waals surface area (Å²) in [6.07, 6.45) is 8.08. The quantitative estimate of drug-likeness (QED) is 0.564. The van der Waals surface area contributed by atoms with Gasteiger partial charge in [0.1, 0.15) is 5.75 Å². The standard InChI is InChI=1S/C17H25NO2/c1-19-17-9-7-16(8-10-17)6-4-2-3-5-11-18-12-14-20-15-13-18/h3,5,7-10H,2,4,6,11-15H2,1H3/b5-3+. The number of aryl methyl sites for hydroxylation is 1. The van der Waals surface area contributed by atoms with Gasteiger partial charge in [-0.15, -0.1) is 0 Å². The second-order valence-electron chi connectivity index (χ2n) is 5.12. The summed E-state index contributed by atoms with van der Waals surface area (Å²) in [5.74, 6) is 0.930. The van der Waals surface area contributed by atoms with Crippen LogP contribution in [0.3, 0.4) is 0 Å². The Hall–Kier alpha value is -1.32. The first-order valence-electron chi connectivity index (χ1n) is 7.46. The number of benzene rings is 1. The molecule has 110 valence electrons. The van der Waals surface area contributed by atoms with Crippen LogP contribution in [0.2, 0.25) is 0 Å². The van der Waals surface area contributed by atoms with Crippen molar-refractivity contribution in [2.45, 2.75) is 19.3 Å². The SMILES string of the molecule is COc1ccc(CCC/C=C/CN2CCOCC2)cc1. The van der Waals surface area contributed by atoms with E-state index in [1.54, 1.807) is 7.11 Å². The lowest BCUT2D eigenvalue weighted by molar-refractivity contribution is 0.0434. The van der Waals surface area contributed by atoms with Gasteiger partial charge in [0, 0.05) is 19.6 Å². The molecule has 1 aromatic carbocycles. The summed E-state index contributed by atoms with van der Waals surface area (Å²) in [6.45, 7) is 4.95. The fourth-order valence-corrected chi connectivity index (χ4v) is 2.34. The fraction of sp³-hybridized carbons (Fsp3) is 0.529. The van der Waals surface area contributed by atoms with Gasteiger partial charge in [-0.1, -0.05) is 24.3 Å². The fourth-order valence-electron chi connectivity index (χ4n) is 2.34. The molecule has 0 saturated carbocycles. The Morgan fingerprint density at radius 3 is 2.60 bits per heavy atom. The van der Waals surface area contributed by atoms with Crippen molar-refractivity contribution in [3.63, 3.8) is 0 Å². The van der Waals surface area contributed by atoms with Crippen LogP contribution in [0, 0.1) is 0 Å². The highest BCUT2D eigenvalue weighted by Gasteiger charge is 2.07. The number of morpholine rings is 1. The number of methoxy groups -OCH3 is 1. The normalized spacial score (nSPS) is 16.6. The molecule has 0 N–H and O–H groups in total. The van der Waals surface area contributed by atoms with Gasteiger partial charge in [-0.2, -0.15) is 0 Å². The maximum absolute atomic E-state index is 5.34. The molecule has 1 heterocycles. The van der Waals surface area contributed by atoms with Crippen LogP contribution in [0.25, 0.3) is 0 Å². The minimum Gasteiger partial charge on any atom is -0.497 e. The van der Waals surface area contributed by atoms with Crippen molar-refractivity contribution in [3.05, 3.63) is 42.0 Å². The molecule has 0 bridgehead atoms. The molecule has 0 atom stereocenters. The average molecular weight is 275 g/mol. The van der Waals surface area contributed by atoms with Gasteiger partial charge in [0.15, 0.2) is 0 Å². The van der Waals surface area contributed by atoms with Gasteiger partial charge in [-0.3, -0.25) is 4.90 Å². The summed E-state index contributed by atoms with van der Waals surface area (Å²) in [5, 5.41) is 0. The lowest BCUT2D eigenvalue weighted by atomic mass is 10.1. The summed E-state index contributed by atoms with van der Waals surface area (Å²) >= 11 is 0. The van der Waals surface area contributed by atoms with E-state index < -0.39 is 0 Å². The maximum Gasteiger partial charge on any atom is 0.118 e. The second kappa shape index (κ2) is 8.77. The molecule has 20 heavy (non-hydrogen) atoms. The van der Waals surface area contributed by atoms with Crippen molar-refractivity contribution >= 4 is 0 Å². The largest absolute Gasteiger partial charge is 0.497 e. The summed E-state index contributed by atoms with van der Waals surface area (Å²) in [7, 11) is 1.70. The number of unbranched alkanes of at least 4 members (excludes halogenated alkanes) is 1. The summed E-state index contributed by atoms with van der Waals surface area (Å²) in [5.41, 5.74) is 1.38. The Bertz CT molecular complexity index is 394. The molecule has 1 fully saturated rings. The average Bonchev–Trinajstić information content (AvgIpc) is 2.52. The van der Waals surface area contributed by atoms with E-state index in [1.807, 2.05) is 12.1 Å². The van der Waals surface area contributed by atoms with E-state index in [0.29, 0.717) is 0 Å². The highest BCUT2D eigenvalue weighted by Crippen LogP contribution is 2.13. The molecular weight excluding hydrogens is 250 g/mol. The summed E-state index contributed by atoms with van der Waals surface area (Å²) in [6, 6.07) is 8.36. The molecule has 0 aromatic heterocycles. The van der Waals surface area contributed by atoms with Crippen LogP contribution in [0.15, 0.2) is 36.4 Å². The van der Waals surface area contributed by atoms with Crippen LogP contribution < -0.4 is 4.74 Å². The second-order valence-corrected chi connectivity index (χ2v) is 5.12. The molecule has 0 spiro atoms. The number of nitrogens with zero attached hydrogens (tertiary/aromatic N) is 1. The Morgan fingerprint density at radius 2 is 1.90 bits per heavy atom. The molecule has 3 heteroatoms. The third-order valence-corrected chi connectivity index (χ3v) is 3.63. The van der Waals surface area contributed by atoms with Crippen LogP contribution in [0.1, 0.15) is 18.4 Å². The molecule has 3 nitrogen and oxygen atoms in total. The number of allylic oxidation sites excluding steroid dienone is 1. The van der Waals surface area contributed by atoms with Gasteiger partial charge in [0.05, 0.1) is 20.3 Å². The van der Waals surface area contributed by atoms with Crippen LogP contribution >= 0.6 is 0 Å². The zero-order valence-corrected chi connectivity index (χ0v) is 12.4. The van der Waals surface area contributed by atoms with Crippen molar-refractivity contribution in [2.75, 3.05) is 40.0 Å². The van der Waals surface area contributed by atoms with E-state index in [4.69, 9.17) is 9.47 Å². The van der Waals surface area contributed by atoms with Gasteiger partial charge < -0.3 is 9.47 Å². The number of rotatable bonds is 7. The monoisotopic (exact) mass is 275 g/mol. The number of hydrogen-bond donors (Lipinski definition) is 0. The van der Waals surface area contributed by atoms with Gasteiger partial charge in [0.25, 0.3) is 0 Å². The Morgan fingerprint density at radius 1 is 1.15 bits per heavy atom. The minimum atomic E-state index is 0.880. The molecule has 1 saturated heterocycles. The third-order valence-electron chi connectivity index (χ3n) is 3.63. The topological polar surface area (TPSA) is 21.7 Å². The van der Waals surface area contributed by atoms with E-state index in [9.17, 15) is 0 Å². The first-order valence-corrected chi connectivity index (χ1v) is 7.46. The van der Waals surface area contributed by atoms with Gasteiger partial charge in [0.2, 0.25) is 0 Å². The molecule has 0 amide bonds. The lowest BCUT2D eigenvalue weighted by Gasteiger charge is -2.25. The number of ether oxygens (including phenoxy) is 2.